The topological polar surface area (TPSA) is 155 Å². The zero-order valence-electron chi connectivity index (χ0n) is 8.11. The predicted molar refractivity (Wildman–Crippen MR) is 38.6 cm³/mol. The van der Waals surface area contributed by atoms with Gasteiger partial charge in [0, 0.05) is 6.92 Å². The van der Waals surface area contributed by atoms with Gasteiger partial charge in [0.25, 0.3) is 0 Å². The second-order valence-corrected chi connectivity index (χ2v) is 3.37. The number of rotatable bonds is 1. The summed E-state index contributed by atoms with van der Waals surface area (Å²) in [6.07, 6.45) is 0. The van der Waals surface area contributed by atoms with Crippen molar-refractivity contribution >= 4 is 26.8 Å². The van der Waals surface area contributed by atoms with Gasteiger partial charge in [-0.25, -0.2) is 0 Å². The minimum Gasteiger partial charge on any atom is -1.00 e. The van der Waals surface area contributed by atoms with Gasteiger partial charge >= 0.3 is 56.3 Å². The third-order valence-corrected chi connectivity index (χ3v) is 0.668. The Balaban J connectivity index is -0.0000000770. The van der Waals surface area contributed by atoms with Gasteiger partial charge in [-0.1, -0.05) is 0 Å². The van der Waals surface area contributed by atoms with Gasteiger partial charge in [-0.05, 0) is 0 Å². The normalized spacial score (nSPS) is 10.3. The van der Waals surface area contributed by atoms with Crippen LogP contribution in [-0.2, 0) is 29.8 Å². The summed E-state index contributed by atoms with van der Waals surface area (Å²) in [6.45, 7) is 0.869. The predicted octanol–water partition coefficient (Wildman–Crippen LogP) is -4.18. The number of carbonyl (C=O) groups is 1. The molecule has 0 aliphatic heterocycles. The summed E-state index contributed by atoms with van der Waals surface area (Å²) < 4.78 is 61.7. The van der Waals surface area contributed by atoms with Crippen molar-refractivity contribution in [3.8, 4) is 0 Å². The average Bonchev–Trinajstić information content (AvgIpc) is 1.47. The summed E-state index contributed by atoms with van der Waals surface area (Å²) >= 11 is 0. The van der Waals surface area contributed by atoms with Crippen molar-refractivity contribution in [1.82, 2.24) is 0 Å². The van der Waals surface area contributed by atoms with E-state index in [-0.39, 0.29) is 31.0 Å². The largest absolute Gasteiger partial charge is 1.00 e. The second kappa shape index (κ2) is 7.53. The van der Waals surface area contributed by atoms with Gasteiger partial charge < -0.3 is 5.61 Å². The first-order chi connectivity index (χ1) is 5.42. The van der Waals surface area contributed by atoms with Gasteiger partial charge in [-0.3, -0.25) is 18.5 Å². The summed E-state index contributed by atoms with van der Waals surface area (Å²) in [6, 6.07) is 0. The van der Waals surface area contributed by atoms with Crippen LogP contribution >= 0.6 is 0 Å². The summed E-state index contributed by atoms with van der Waals surface area (Å²) in [7, 11) is -9.24. The van der Waals surface area contributed by atoms with Crippen LogP contribution in [0.15, 0.2) is 0 Å². The van der Waals surface area contributed by atoms with Crippen LogP contribution in [0.25, 0.3) is 0 Å². The summed E-state index contributed by atoms with van der Waals surface area (Å²) in [4.78, 5) is 9.70. The Morgan fingerprint density at radius 3 is 1.36 bits per heavy atom. The third kappa shape index (κ3) is 56.2. The molecular weight excluding hydrogens is 255 g/mol. The molecule has 0 spiro atoms. The van der Waals surface area contributed by atoms with E-state index in [1.54, 1.807) is 0 Å². The van der Waals surface area contributed by atoms with E-state index < -0.39 is 26.8 Å². The maximum atomic E-state index is 9.70. The Morgan fingerprint density at radius 1 is 1.14 bits per heavy atom. The van der Waals surface area contributed by atoms with E-state index >= 15 is 0 Å². The van der Waals surface area contributed by atoms with E-state index in [1.807, 2.05) is 0 Å². The number of hydrogen-bond donors (Lipinski definition) is 3. The monoisotopic (exact) mass is 262 g/mol. The summed E-state index contributed by atoms with van der Waals surface area (Å²) in [5.41, 5.74) is 0. The molecule has 9 nitrogen and oxygen atoms in total. The standard InChI is InChI=1S/C2H4O5S.Na.H2O4S.H/c1-2(3)7-8(4,5)6;;1-5(2,3)4;/h1H3,(H,4,5,6);;(H2,1,2,3,4);/q;+1;;-1. The Hall–Kier alpha value is 0.250. The third-order valence-electron chi connectivity index (χ3n) is 0.223. The number of hydrogen-bond acceptors (Lipinski definition) is 6. The molecule has 0 aliphatic rings. The van der Waals surface area contributed by atoms with Crippen LogP contribution in [-0.4, -0.2) is 36.5 Å². The molecule has 0 heterocycles. The molecule has 82 valence electrons. The quantitative estimate of drug-likeness (QED) is 0.315. The molecular formula is C2H7NaO9S2. The molecule has 12 heteroatoms. The van der Waals surface area contributed by atoms with E-state index in [4.69, 9.17) is 22.1 Å². The average molecular weight is 262 g/mol. The SMILES string of the molecule is CC(=O)OS(=O)(=O)O.O=S(=O)(O)O.[H-].[Na+]. The Bertz CT molecular complexity index is 348. The zero-order valence-corrected chi connectivity index (χ0v) is 10.7. The van der Waals surface area contributed by atoms with Gasteiger partial charge in [0.15, 0.2) is 0 Å². The van der Waals surface area contributed by atoms with Crippen molar-refractivity contribution in [2.24, 2.45) is 0 Å². The summed E-state index contributed by atoms with van der Waals surface area (Å²) in [5.74, 6) is -1.06. The van der Waals surface area contributed by atoms with Gasteiger partial charge in [-0.2, -0.15) is 16.8 Å². The molecule has 0 unspecified atom stereocenters. The first-order valence-electron chi connectivity index (χ1n) is 2.29. The number of carbonyl (C=O) groups excluding carboxylic acids is 1. The van der Waals surface area contributed by atoms with E-state index in [2.05, 4.69) is 4.18 Å². The molecule has 0 atom stereocenters. The minimum absolute atomic E-state index is 0. The second-order valence-electron chi connectivity index (χ2n) is 1.45. The molecule has 0 aromatic heterocycles. The fourth-order valence-electron chi connectivity index (χ4n) is 0.148. The van der Waals surface area contributed by atoms with Crippen LogP contribution in [0.4, 0.5) is 0 Å². The molecule has 0 aromatic rings. The van der Waals surface area contributed by atoms with Crippen molar-refractivity contribution in [2.45, 2.75) is 6.92 Å². The molecule has 0 radical (unpaired) electrons. The Morgan fingerprint density at radius 2 is 1.36 bits per heavy atom. The molecule has 0 aromatic carbocycles. The smallest absolute Gasteiger partial charge is 1.00 e. The van der Waals surface area contributed by atoms with Crippen LogP contribution in [0.5, 0.6) is 0 Å². The van der Waals surface area contributed by atoms with Crippen molar-refractivity contribution in [3.05, 3.63) is 0 Å². The van der Waals surface area contributed by atoms with Crippen LogP contribution in [0.3, 0.4) is 0 Å². The van der Waals surface area contributed by atoms with Crippen LogP contribution in [0.1, 0.15) is 8.35 Å². The van der Waals surface area contributed by atoms with Gasteiger partial charge in [0.2, 0.25) is 0 Å². The molecule has 0 fully saturated rings. The molecule has 0 bridgehead atoms. The van der Waals surface area contributed by atoms with Crippen LogP contribution < -0.4 is 29.6 Å². The van der Waals surface area contributed by atoms with Gasteiger partial charge in [-0.15, -0.1) is 0 Å². The molecule has 0 aliphatic carbocycles. The van der Waals surface area contributed by atoms with E-state index in [9.17, 15) is 13.2 Å². The van der Waals surface area contributed by atoms with Gasteiger partial charge in [0.05, 0.1) is 0 Å². The van der Waals surface area contributed by atoms with Crippen molar-refractivity contribution in [3.63, 3.8) is 0 Å². The van der Waals surface area contributed by atoms with Crippen molar-refractivity contribution in [1.29, 1.82) is 0 Å². The zero-order chi connectivity index (χ0) is 11.3. The fraction of sp³-hybridized carbons (Fsp3) is 0.500. The minimum atomic E-state index is -4.67. The first kappa shape index (κ1) is 19.8. The molecule has 0 saturated heterocycles. The van der Waals surface area contributed by atoms with Crippen molar-refractivity contribution < 1.29 is 70.5 Å². The Labute approximate surface area is 104 Å². The first-order valence-corrected chi connectivity index (χ1v) is 5.05. The maximum Gasteiger partial charge on any atom is 1.00 e. The van der Waals surface area contributed by atoms with Crippen LogP contribution in [0, 0.1) is 0 Å². The van der Waals surface area contributed by atoms with E-state index in [0.717, 1.165) is 6.92 Å². The molecule has 0 amide bonds. The molecule has 0 rings (SSSR count). The molecule has 0 saturated carbocycles. The van der Waals surface area contributed by atoms with E-state index in [1.165, 1.54) is 0 Å². The fourth-order valence-corrected chi connectivity index (χ4v) is 0.445. The molecule has 14 heavy (non-hydrogen) atoms. The maximum absolute atomic E-state index is 9.70. The van der Waals surface area contributed by atoms with Crippen molar-refractivity contribution in [2.75, 3.05) is 0 Å². The Kier molecular flexibility index (Phi) is 10.6. The van der Waals surface area contributed by atoms with Crippen LogP contribution in [0.2, 0.25) is 0 Å². The summed E-state index contributed by atoms with van der Waals surface area (Å²) in [5, 5.41) is 0. The molecule has 3 N–H and O–H groups in total. The van der Waals surface area contributed by atoms with Gasteiger partial charge in [0.1, 0.15) is 0 Å². The van der Waals surface area contributed by atoms with E-state index in [0.29, 0.717) is 0 Å².